The Labute approximate surface area is 142 Å². The summed E-state index contributed by atoms with van der Waals surface area (Å²) < 4.78 is 0. The molecule has 1 atom stereocenters. The third-order valence-corrected chi connectivity index (χ3v) is 4.18. The van der Waals surface area contributed by atoms with Crippen LogP contribution in [0, 0.1) is 0 Å². The molecule has 1 aromatic carbocycles. The van der Waals surface area contributed by atoms with Gasteiger partial charge in [0.2, 0.25) is 0 Å². The van der Waals surface area contributed by atoms with Gasteiger partial charge in [-0.1, -0.05) is 18.2 Å². The van der Waals surface area contributed by atoms with Gasteiger partial charge in [0.1, 0.15) is 17.8 Å². The molecule has 3 rings (SSSR count). The van der Waals surface area contributed by atoms with Gasteiger partial charge in [0.15, 0.2) is 0 Å². The number of para-hydroxylation sites is 1. The Morgan fingerprint density at radius 2 is 2.12 bits per heavy atom. The first-order valence-electron chi connectivity index (χ1n) is 8.18. The molecule has 1 aromatic heterocycles. The van der Waals surface area contributed by atoms with Crippen LogP contribution in [-0.2, 0) is 6.42 Å². The van der Waals surface area contributed by atoms with Crippen LogP contribution in [0.5, 0.6) is 0 Å². The highest BCUT2D eigenvalue weighted by atomic mass is 16.2. The van der Waals surface area contributed by atoms with Gasteiger partial charge in [-0.15, -0.1) is 0 Å². The number of aromatic nitrogens is 2. The first-order valence-corrected chi connectivity index (χ1v) is 8.18. The van der Waals surface area contributed by atoms with E-state index in [1.54, 1.807) is 6.07 Å². The highest BCUT2D eigenvalue weighted by molar-refractivity contribution is 6.06. The predicted octanol–water partition coefficient (Wildman–Crippen LogP) is 2.04. The molecule has 126 valence electrons. The molecule has 0 radical (unpaired) electrons. The second kappa shape index (κ2) is 6.97. The highest BCUT2D eigenvalue weighted by Crippen LogP contribution is 2.32. The molecular formula is C18H23N5O. The molecule has 1 N–H and O–H groups in total. The molecule has 1 amide bonds. The second-order valence-electron chi connectivity index (χ2n) is 6.38. The van der Waals surface area contributed by atoms with Crippen LogP contribution >= 0.6 is 0 Å². The van der Waals surface area contributed by atoms with Crippen molar-refractivity contribution < 1.29 is 4.79 Å². The van der Waals surface area contributed by atoms with E-state index in [1.165, 1.54) is 11.9 Å². The van der Waals surface area contributed by atoms with E-state index >= 15 is 0 Å². The fourth-order valence-corrected chi connectivity index (χ4v) is 2.98. The minimum atomic E-state index is -0.0782. The number of nitrogens with zero attached hydrogens (tertiary/aromatic N) is 4. The first kappa shape index (κ1) is 16.4. The number of nitrogens with one attached hydrogen (secondary N) is 1. The van der Waals surface area contributed by atoms with Crippen LogP contribution in [0.1, 0.15) is 23.0 Å². The topological polar surface area (TPSA) is 61.4 Å². The van der Waals surface area contributed by atoms with Crippen molar-refractivity contribution in [1.29, 1.82) is 0 Å². The van der Waals surface area contributed by atoms with Crippen molar-refractivity contribution in [3.63, 3.8) is 0 Å². The standard InChI is InChI=1S/C18H23N5O/c1-13-10-14-6-4-5-7-16(14)23(13)18(24)15-11-17(21-12-20-15)19-8-9-22(2)3/h4-7,11-13H,8-10H2,1-3H3,(H,19,20,21). The zero-order chi connectivity index (χ0) is 17.1. The molecule has 1 aliphatic heterocycles. The summed E-state index contributed by atoms with van der Waals surface area (Å²) in [6.45, 7) is 3.72. The van der Waals surface area contributed by atoms with Crippen LogP contribution in [0.25, 0.3) is 0 Å². The number of benzene rings is 1. The number of rotatable bonds is 5. The Kier molecular flexibility index (Phi) is 4.76. The van der Waals surface area contributed by atoms with E-state index in [9.17, 15) is 4.79 Å². The monoisotopic (exact) mass is 325 g/mol. The van der Waals surface area contributed by atoms with E-state index in [0.29, 0.717) is 11.5 Å². The fourth-order valence-electron chi connectivity index (χ4n) is 2.98. The molecule has 6 nitrogen and oxygen atoms in total. The molecule has 24 heavy (non-hydrogen) atoms. The number of hydrogen-bond donors (Lipinski definition) is 1. The SMILES string of the molecule is CC1Cc2ccccc2N1C(=O)c1cc(NCCN(C)C)ncn1. The van der Waals surface area contributed by atoms with Gasteiger partial charge in [0.25, 0.3) is 5.91 Å². The van der Waals surface area contributed by atoms with Gasteiger partial charge in [-0.25, -0.2) is 9.97 Å². The Balaban J connectivity index is 1.78. The Morgan fingerprint density at radius 3 is 2.92 bits per heavy atom. The van der Waals surface area contributed by atoms with Crippen LogP contribution in [0.2, 0.25) is 0 Å². The second-order valence-corrected chi connectivity index (χ2v) is 6.38. The van der Waals surface area contributed by atoms with Gasteiger partial charge in [-0.3, -0.25) is 4.79 Å². The molecule has 1 unspecified atom stereocenters. The van der Waals surface area contributed by atoms with Gasteiger partial charge >= 0.3 is 0 Å². The predicted molar refractivity (Wildman–Crippen MR) is 95.5 cm³/mol. The van der Waals surface area contributed by atoms with Crippen molar-refractivity contribution in [3.05, 3.63) is 47.9 Å². The number of amides is 1. The van der Waals surface area contributed by atoms with E-state index in [-0.39, 0.29) is 11.9 Å². The van der Waals surface area contributed by atoms with Crippen molar-refractivity contribution in [3.8, 4) is 0 Å². The number of carbonyl (C=O) groups is 1. The smallest absolute Gasteiger partial charge is 0.277 e. The number of carbonyl (C=O) groups excluding carboxylic acids is 1. The van der Waals surface area contributed by atoms with Gasteiger partial charge < -0.3 is 15.1 Å². The Hall–Kier alpha value is -2.47. The first-order chi connectivity index (χ1) is 11.6. The zero-order valence-corrected chi connectivity index (χ0v) is 14.4. The minimum absolute atomic E-state index is 0.0782. The van der Waals surface area contributed by atoms with Crippen molar-refractivity contribution in [1.82, 2.24) is 14.9 Å². The summed E-state index contributed by atoms with van der Waals surface area (Å²) >= 11 is 0. The maximum absolute atomic E-state index is 13.0. The number of fused-ring (bicyclic) bond motifs is 1. The van der Waals surface area contributed by atoms with Crippen molar-refractivity contribution in [2.75, 3.05) is 37.4 Å². The average molecular weight is 325 g/mol. The van der Waals surface area contributed by atoms with Gasteiger partial charge in [0, 0.05) is 30.9 Å². The molecule has 0 bridgehead atoms. The molecule has 0 spiro atoms. The lowest BCUT2D eigenvalue weighted by molar-refractivity contribution is 0.0976. The van der Waals surface area contributed by atoms with Crippen LogP contribution in [0.15, 0.2) is 36.7 Å². The number of hydrogen-bond acceptors (Lipinski definition) is 5. The van der Waals surface area contributed by atoms with Crippen LogP contribution < -0.4 is 10.2 Å². The van der Waals surface area contributed by atoms with Crippen molar-refractivity contribution in [2.24, 2.45) is 0 Å². The van der Waals surface area contributed by atoms with Crippen LogP contribution in [0.4, 0.5) is 11.5 Å². The van der Waals surface area contributed by atoms with Gasteiger partial charge in [0.05, 0.1) is 0 Å². The van der Waals surface area contributed by atoms with E-state index in [2.05, 4.69) is 33.2 Å². The lowest BCUT2D eigenvalue weighted by Crippen LogP contribution is -2.36. The van der Waals surface area contributed by atoms with E-state index in [4.69, 9.17) is 0 Å². The van der Waals surface area contributed by atoms with Crippen LogP contribution in [-0.4, -0.2) is 54.0 Å². The largest absolute Gasteiger partial charge is 0.369 e. The molecule has 6 heteroatoms. The summed E-state index contributed by atoms with van der Waals surface area (Å²) in [6.07, 6.45) is 2.32. The summed E-state index contributed by atoms with van der Waals surface area (Å²) in [5, 5.41) is 3.23. The zero-order valence-electron chi connectivity index (χ0n) is 14.4. The quantitative estimate of drug-likeness (QED) is 0.911. The lowest BCUT2D eigenvalue weighted by atomic mass is 10.1. The molecule has 0 fully saturated rings. The normalized spacial score (nSPS) is 16.3. The summed E-state index contributed by atoms with van der Waals surface area (Å²) in [4.78, 5) is 25.3. The van der Waals surface area contributed by atoms with E-state index in [1.807, 2.05) is 37.2 Å². The summed E-state index contributed by atoms with van der Waals surface area (Å²) in [7, 11) is 4.03. The average Bonchev–Trinajstić information content (AvgIpc) is 2.90. The summed E-state index contributed by atoms with van der Waals surface area (Å²) in [5.41, 5.74) is 2.60. The molecule has 2 aromatic rings. The molecule has 1 aliphatic rings. The Morgan fingerprint density at radius 1 is 1.33 bits per heavy atom. The third-order valence-electron chi connectivity index (χ3n) is 4.18. The van der Waals surface area contributed by atoms with E-state index in [0.717, 1.165) is 25.2 Å². The van der Waals surface area contributed by atoms with Crippen LogP contribution in [0.3, 0.4) is 0 Å². The lowest BCUT2D eigenvalue weighted by Gasteiger charge is -2.22. The molecular weight excluding hydrogens is 302 g/mol. The molecule has 0 saturated heterocycles. The number of likely N-dealkylation sites (N-methyl/N-ethyl adjacent to an activating group) is 1. The summed E-state index contributed by atoms with van der Waals surface area (Å²) in [5.74, 6) is 0.598. The molecule has 0 aliphatic carbocycles. The fraction of sp³-hybridized carbons (Fsp3) is 0.389. The highest BCUT2D eigenvalue weighted by Gasteiger charge is 2.31. The van der Waals surface area contributed by atoms with Gasteiger partial charge in [-0.2, -0.15) is 0 Å². The van der Waals surface area contributed by atoms with Gasteiger partial charge in [-0.05, 0) is 39.1 Å². The Bertz CT molecular complexity index is 731. The molecule has 0 saturated carbocycles. The minimum Gasteiger partial charge on any atom is -0.369 e. The summed E-state index contributed by atoms with van der Waals surface area (Å²) in [6, 6.07) is 9.91. The van der Waals surface area contributed by atoms with Crippen molar-refractivity contribution >= 4 is 17.4 Å². The maximum atomic E-state index is 13.0. The van der Waals surface area contributed by atoms with Crippen molar-refractivity contribution in [2.45, 2.75) is 19.4 Å². The van der Waals surface area contributed by atoms with E-state index < -0.39 is 0 Å². The third kappa shape index (κ3) is 3.38. The number of anilines is 2. The molecule has 2 heterocycles. The maximum Gasteiger partial charge on any atom is 0.277 e.